The van der Waals surface area contributed by atoms with Crippen LogP contribution in [-0.2, 0) is 0 Å². The molecule has 2 saturated heterocycles. The summed E-state index contributed by atoms with van der Waals surface area (Å²) in [5.74, 6) is 0. The smallest absolute Gasteiger partial charge is 0.0329 e. The minimum atomic E-state index is 0. The minimum absolute atomic E-state index is 0. The molecule has 2 aliphatic rings. The second-order valence-electron chi connectivity index (χ2n) is 6.78. The lowest BCUT2D eigenvalue weighted by molar-refractivity contribution is 0.0762. The van der Waals surface area contributed by atoms with E-state index in [1.165, 1.54) is 57.8 Å². The maximum Gasteiger partial charge on any atom is 0.0329 e. The van der Waals surface area contributed by atoms with Crippen molar-refractivity contribution in [2.45, 2.75) is 26.3 Å². The third kappa shape index (κ3) is 4.20. The van der Waals surface area contributed by atoms with E-state index in [1.54, 1.807) is 0 Å². The Morgan fingerprint density at radius 2 is 2.10 bits per heavy atom. The van der Waals surface area contributed by atoms with Crippen LogP contribution in [0.3, 0.4) is 0 Å². The zero-order valence-corrected chi connectivity index (χ0v) is 14.8. The standard InChI is InChI=1S/C16H27N3S.ClH/c1-14(15-3-10-20-11-15)19-8-6-18(7-9-19)13-16(2)4-5-17-12-16;/h3,10-11,14,17H,4-9,12-13H2,1-2H3;1H. The molecule has 0 aliphatic carbocycles. The first-order chi connectivity index (χ1) is 9.66. The summed E-state index contributed by atoms with van der Waals surface area (Å²) in [7, 11) is 0. The number of thiophene rings is 1. The molecular weight excluding hydrogens is 302 g/mol. The Morgan fingerprint density at radius 1 is 1.33 bits per heavy atom. The van der Waals surface area contributed by atoms with Crippen molar-refractivity contribution in [1.29, 1.82) is 0 Å². The highest BCUT2D eigenvalue weighted by molar-refractivity contribution is 7.07. The molecule has 0 aromatic carbocycles. The Labute approximate surface area is 139 Å². The predicted octanol–water partition coefficient (Wildman–Crippen LogP) is 2.85. The number of nitrogens with zero attached hydrogens (tertiary/aromatic N) is 2. The molecule has 3 heterocycles. The van der Waals surface area contributed by atoms with Gasteiger partial charge in [-0.25, -0.2) is 0 Å². The van der Waals surface area contributed by atoms with Crippen LogP contribution < -0.4 is 5.32 Å². The number of halogens is 1. The molecule has 1 aromatic heterocycles. The van der Waals surface area contributed by atoms with E-state index in [9.17, 15) is 0 Å². The molecule has 0 radical (unpaired) electrons. The molecular formula is C16H28ClN3S. The summed E-state index contributed by atoms with van der Waals surface area (Å²) in [6.07, 6.45) is 1.33. The Hall–Kier alpha value is -0.130. The monoisotopic (exact) mass is 329 g/mol. The lowest BCUT2D eigenvalue weighted by atomic mass is 9.89. The van der Waals surface area contributed by atoms with E-state index in [4.69, 9.17) is 0 Å². The highest BCUT2D eigenvalue weighted by atomic mass is 35.5. The van der Waals surface area contributed by atoms with Crippen LogP contribution in [0.5, 0.6) is 0 Å². The van der Waals surface area contributed by atoms with E-state index < -0.39 is 0 Å². The third-order valence-corrected chi connectivity index (χ3v) is 5.74. The highest BCUT2D eigenvalue weighted by Gasteiger charge is 2.32. The molecule has 2 fully saturated rings. The molecule has 0 amide bonds. The second-order valence-corrected chi connectivity index (χ2v) is 7.56. The van der Waals surface area contributed by atoms with Gasteiger partial charge in [0.1, 0.15) is 0 Å². The van der Waals surface area contributed by atoms with Gasteiger partial charge in [-0.3, -0.25) is 4.90 Å². The van der Waals surface area contributed by atoms with Gasteiger partial charge in [0.25, 0.3) is 0 Å². The summed E-state index contributed by atoms with van der Waals surface area (Å²) in [5.41, 5.74) is 1.98. The van der Waals surface area contributed by atoms with Crippen molar-refractivity contribution in [2.75, 3.05) is 45.8 Å². The van der Waals surface area contributed by atoms with Crippen LogP contribution in [0, 0.1) is 5.41 Å². The van der Waals surface area contributed by atoms with Crippen molar-refractivity contribution >= 4 is 23.7 Å². The molecule has 3 rings (SSSR count). The number of hydrogen-bond acceptors (Lipinski definition) is 4. The van der Waals surface area contributed by atoms with Crippen LogP contribution in [0.25, 0.3) is 0 Å². The molecule has 0 spiro atoms. The molecule has 3 nitrogen and oxygen atoms in total. The van der Waals surface area contributed by atoms with Gasteiger partial charge in [-0.05, 0) is 47.7 Å². The summed E-state index contributed by atoms with van der Waals surface area (Å²) in [4.78, 5) is 5.30. The fourth-order valence-electron chi connectivity index (χ4n) is 3.58. The zero-order chi connectivity index (χ0) is 14.0. The molecule has 2 aliphatic heterocycles. The van der Waals surface area contributed by atoms with Crippen LogP contribution in [-0.4, -0.2) is 55.6 Å². The SMILES string of the molecule is CC(c1ccsc1)N1CCN(CC2(C)CCNC2)CC1.Cl. The van der Waals surface area contributed by atoms with E-state index in [2.05, 4.69) is 45.8 Å². The first-order valence-electron chi connectivity index (χ1n) is 7.86. The molecule has 1 aromatic rings. The van der Waals surface area contributed by atoms with Gasteiger partial charge in [0.2, 0.25) is 0 Å². The van der Waals surface area contributed by atoms with Gasteiger partial charge in [-0.2, -0.15) is 11.3 Å². The van der Waals surface area contributed by atoms with Gasteiger partial charge in [-0.15, -0.1) is 12.4 Å². The normalized spacial score (nSPS) is 29.2. The molecule has 21 heavy (non-hydrogen) atoms. The predicted molar refractivity (Wildman–Crippen MR) is 93.6 cm³/mol. The van der Waals surface area contributed by atoms with E-state index in [1.807, 2.05) is 11.3 Å². The summed E-state index contributed by atoms with van der Waals surface area (Å²) in [6.45, 7) is 13.3. The lowest BCUT2D eigenvalue weighted by Gasteiger charge is -2.40. The molecule has 2 unspecified atom stereocenters. The van der Waals surface area contributed by atoms with Crippen molar-refractivity contribution in [2.24, 2.45) is 5.41 Å². The molecule has 0 bridgehead atoms. The third-order valence-electron chi connectivity index (χ3n) is 5.04. The van der Waals surface area contributed by atoms with Crippen LogP contribution in [0.2, 0.25) is 0 Å². The van der Waals surface area contributed by atoms with E-state index in [-0.39, 0.29) is 12.4 Å². The van der Waals surface area contributed by atoms with Crippen LogP contribution in [0.1, 0.15) is 31.9 Å². The molecule has 1 N–H and O–H groups in total. The minimum Gasteiger partial charge on any atom is -0.316 e. The molecule has 0 saturated carbocycles. The zero-order valence-electron chi connectivity index (χ0n) is 13.2. The molecule has 120 valence electrons. The van der Waals surface area contributed by atoms with Gasteiger partial charge in [0.15, 0.2) is 0 Å². The van der Waals surface area contributed by atoms with Crippen molar-refractivity contribution in [3.63, 3.8) is 0 Å². The maximum atomic E-state index is 3.51. The van der Waals surface area contributed by atoms with Gasteiger partial charge in [0, 0.05) is 45.3 Å². The van der Waals surface area contributed by atoms with Crippen molar-refractivity contribution in [1.82, 2.24) is 15.1 Å². The van der Waals surface area contributed by atoms with Gasteiger partial charge in [-0.1, -0.05) is 6.92 Å². The van der Waals surface area contributed by atoms with Crippen LogP contribution in [0.4, 0.5) is 0 Å². The largest absolute Gasteiger partial charge is 0.316 e. The molecule has 2 atom stereocenters. The van der Waals surface area contributed by atoms with Crippen molar-refractivity contribution in [3.05, 3.63) is 22.4 Å². The fourth-order valence-corrected chi connectivity index (χ4v) is 4.32. The van der Waals surface area contributed by atoms with E-state index in [0.717, 1.165) is 0 Å². The van der Waals surface area contributed by atoms with Gasteiger partial charge in [0.05, 0.1) is 0 Å². The van der Waals surface area contributed by atoms with Crippen molar-refractivity contribution < 1.29 is 0 Å². The first kappa shape index (κ1) is 17.2. The van der Waals surface area contributed by atoms with Gasteiger partial charge >= 0.3 is 0 Å². The summed E-state index contributed by atoms with van der Waals surface area (Å²) >= 11 is 1.81. The number of piperazine rings is 1. The number of rotatable bonds is 4. The van der Waals surface area contributed by atoms with E-state index in [0.29, 0.717) is 11.5 Å². The Kier molecular flexibility index (Phi) is 6.09. The first-order valence-corrected chi connectivity index (χ1v) is 8.80. The lowest BCUT2D eigenvalue weighted by Crippen LogP contribution is -2.50. The highest BCUT2D eigenvalue weighted by Crippen LogP contribution is 2.28. The number of hydrogen-bond donors (Lipinski definition) is 1. The Balaban J connectivity index is 0.00000161. The van der Waals surface area contributed by atoms with E-state index >= 15 is 0 Å². The van der Waals surface area contributed by atoms with Crippen LogP contribution in [0.15, 0.2) is 16.8 Å². The quantitative estimate of drug-likeness (QED) is 0.916. The Bertz CT molecular complexity index is 409. The average Bonchev–Trinajstić information content (AvgIpc) is 3.10. The molecule has 5 heteroatoms. The Morgan fingerprint density at radius 3 is 2.67 bits per heavy atom. The van der Waals surface area contributed by atoms with Crippen LogP contribution >= 0.6 is 23.7 Å². The average molecular weight is 330 g/mol. The summed E-state index contributed by atoms with van der Waals surface area (Å²) in [5, 5.41) is 8.00. The fraction of sp³-hybridized carbons (Fsp3) is 0.750. The number of nitrogens with one attached hydrogen (secondary N) is 1. The second kappa shape index (κ2) is 7.42. The maximum absolute atomic E-state index is 3.51. The topological polar surface area (TPSA) is 18.5 Å². The summed E-state index contributed by atoms with van der Waals surface area (Å²) < 4.78 is 0. The summed E-state index contributed by atoms with van der Waals surface area (Å²) in [6, 6.07) is 2.85. The van der Waals surface area contributed by atoms with Crippen molar-refractivity contribution in [3.8, 4) is 0 Å². The van der Waals surface area contributed by atoms with Gasteiger partial charge < -0.3 is 10.2 Å².